The molecule has 0 saturated heterocycles. The SMILES string of the molecule is C=CC(F)(F)CCCOc1ccc(C(=CN)C(=O)O)nc1. The second-order valence-corrected chi connectivity index (χ2v) is 4.18. The number of pyridine rings is 1. The number of halogens is 2. The average molecular weight is 298 g/mol. The van der Waals surface area contributed by atoms with E-state index in [4.69, 9.17) is 15.6 Å². The number of aliphatic carboxylic acids is 1. The summed E-state index contributed by atoms with van der Waals surface area (Å²) in [4.78, 5) is 14.7. The molecule has 1 aromatic heterocycles. The fourth-order valence-corrected chi connectivity index (χ4v) is 1.49. The van der Waals surface area contributed by atoms with Crippen LogP contribution in [0.15, 0.2) is 37.2 Å². The minimum absolute atomic E-state index is 0.100. The van der Waals surface area contributed by atoms with Crippen LogP contribution in [0.25, 0.3) is 5.57 Å². The summed E-state index contributed by atoms with van der Waals surface area (Å²) < 4.78 is 31.0. The molecular formula is C14H16F2N2O3. The number of carbonyl (C=O) groups is 1. The number of carboxylic acids is 1. The van der Waals surface area contributed by atoms with Crippen molar-refractivity contribution >= 4 is 11.5 Å². The predicted molar refractivity (Wildman–Crippen MR) is 73.9 cm³/mol. The molecule has 7 heteroatoms. The molecular weight excluding hydrogens is 282 g/mol. The zero-order chi connectivity index (χ0) is 15.9. The van der Waals surface area contributed by atoms with E-state index in [1.54, 1.807) is 0 Å². The number of hydrogen-bond acceptors (Lipinski definition) is 4. The second kappa shape index (κ2) is 7.37. The molecule has 0 aromatic carbocycles. The van der Waals surface area contributed by atoms with Crippen molar-refractivity contribution < 1.29 is 23.4 Å². The number of aromatic nitrogens is 1. The van der Waals surface area contributed by atoms with Crippen LogP contribution in [0.2, 0.25) is 0 Å². The van der Waals surface area contributed by atoms with Gasteiger partial charge in [0.1, 0.15) is 11.3 Å². The van der Waals surface area contributed by atoms with Gasteiger partial charge in [-0.05, 0) is 24.6 Å². The quantitative estimate of drug-likeness (QED) is 0.437. The lowest BCUT2D eigenvalue weighted by Gasteiger charge is -2.11. The number of nitrogens with two attached hydrogens (primary N) is 1. The van der Waals surface area contributed by atoms with Crippen molar-refractivity contribution in [2.45, 2.75) is 18.8 Å². The van der Waals surface area contributed by atoms with E-state index in [1.807, 2.05) is 0 Å². The third-order valence-electron chi connectivity index (χ3n) is 2.63. The van der Waals surface area contributed by atoms with Gasteiger partial charge in [-0.1, -0.05) is 6.58 Å². The van der Waals surface area contributed by atoms with Crippen LogP contribution in [0.4, 0.5) is 8.78 Å². The van der Waals surface area contributed by atoms with Gasteiger partial charge < -0.3 is 15.6 Å². The van der Waals surface area contributed by atoms with E-state index in [0.29, 0.717) is 11.8 Å². The van der Waals surface area contributed by atoms with Crippen LogP contribution in [-0.4, -0.2) is 28.6 Å². The van der Waals surface area contributed by atoms with E-state index < -0.39 is 11.9 Å². The first-order valence-corrected chi connectivity index (χ1v) is 6.15. The second-order valence-electron chi connectivity index (χ2n) is 4.18. The first-order chi connectivity index (χ1) is 9.89. The highest BCUT2D eigenvalue weighted by molar-refractivity contribution is 6.14. The smallest absolute Gasteiger partial charge is 0.339 e. The van der Waals surface area contributed by atoms with Gasteiger partial charge in [0.05, 0.1) is 18.5 Å². The van der Waals surface area contributed by atoms with E-state index in [2.05, 4.69) is 11.6 Å². The Morgan fingerprint density at radius 1 is 1.52 bits per heavy atom. The van der Waals surface area contributed by atoms with Gasteiger partial charge in [-0.2, -0.15) is 0 Å². The van der Waals surface area contributed by atoms with Gasteiger partial charge in [0, 0.05) is 12.6 Å². The van der Waals surface area contributed by atoms with Gasteiger partial charge in [-0.3, -0.25) is 4.98 Å². The highest BCUT2D eigenvalue weighted by Crippen LogP contribution is 2.21. The van der Waals surface area contributed by atoms with Crippen LogP contribution in [0.5, 0.6) is 5.75 Å². The molecule has 0 bridgehead atoms. The van der Waals surface area contributed by atoms with Crippen molar-refractivity contribution in [1.29, 1.82) is 0 Å². The summed E-state index contributed by atoms with van der Waals surface area (Å²) in [6, 6.07) is 2.93. The normalized spacial score (nSPS) is 12.0. The molecule has 0 atom stereocenters. The first kappa shape index (κ1) is 16.6. The van der Waals surface area contributed by atoms with Gasteiger partial charge >= 0.3 is 5.97 Å². The number of hydrogen-bond donors (Lipinski definition) is 2. The molecule has 0 saturated carbocycles. The lowest BCUT2D eigenvalue weighted by Crippen LogP contribution is -2.13. The number of allylic oxidation sites excluding steroid dienone is 1. The molecule has 21 heavy (non-hydrogen) atoms. The minimum Gasteiger partial charge on any atom is -0.492 e. The number of ether oxygens (including phenoxy) is 1. The largest absolute Gasteiger partial charge is 0.492 e. The molecule has 114 valence electrons. The Morgan fingerprint density at radius 2 is 2.24 bits per heavy atom. The van der Waals surface area contributed by atoms with Crippen LogP contribution < -0.4 is 10.5 Å². The van der Waals surface area contributed by atoms with Crippen LogP contribution in [0.1, 0.15) is 18.5 Å². The van der Waals surface area contributed by atoms with Gasteiger partial charge in [-0.25, -0.2) is 13.6 Å². The number of rotatable bonds is 8. The van der Waals surface area contributed by atoms with E-state index >= 15 is 0 Å². The van der Waals surface area contributed by atoms with Crippen molar-refractivity contribution in [3.05, 3.63) is 42.9 Å². The average Bonchev–Trinajstić information content (AvgIpc) is 2.45. The topological polar surface area (TPSA) is 85.4 Å². The fraction of sp³-hybridized carbons (Fsp3) is 0.286. The van der Waals surface area contributed by atoms with Crippen LogP contribution in [-0.2, 0) is 4.79 Å². The molecule has 0 radical (unpaired) electrons. The summed E-state index contributed by atoms with van der Waals surface area (Å²) in [5.74, 6) is -3.72. The van der Waals surface area contributed by atoms with Crippen LogP contribution in [0, 0.1) is 0 Å². The molecule has 3 N–H and O–H groups in total. The number of carboxylic acid groups (broad SMARTS) is 1. The lowest BCUT2D eigenvalue weighted by atomic mass is 10.2. The minimum atomic E-state index is -2.90. The molecule has 0 spiro atoms. The molecule has 1 heterocycles. The van der Waals surface area contributed by atoms with Gasteiger partial charge in [-0.15, -0.1) is 0 Å². The summed E-state index contributed by atoms with van der Waals surface area (Å²) in [7, 11) is 0. The molecule has 0 aliphatic carbocycles. The summed E-state index contributed by atoms with van der Waals surface area (Å²) in [5.41, 5.74) is 5.26. The van der Waals surface area contributed by atoms with Crippen molar-refractivity contribution in [3.63, 3.8) is 0 Å². The summed E-state index contributed by atoms with van der Waals surface area (Å²) >= 11 is 0. The molecule has 5 nitrogen and oxygen atoms in total. The standard InChI is InChI=1S/C14H16F2N2O3/c1-2-14(15,16)6-3-7-21-10-4-5-12(18-9-10)11(8-17)13(19)20/h2,4-5,8-9H,1,3,6-7,17H2,(H,19,20). The highest BCUT2D eigenvalue weighted by Gasteiger charge is 2.22. The van der Waals surface area contributed by atoms with Crippen molar-refractivity contribution in [1.82, 2.24) is 4.98 Å². The highest BCUT2D eigenvalue weighted by atomic mass is 19.3. The molecule has 1 rings (SSSR count). The van der Waals surface area contributed by atoms with Gasteiger partial charge in [0.25, 0.3) is 5.92 Å². The summed E-state index contributed by atoms with van der Waals surface area (Å²) in [6.07, 6.45) is 2.68. The molecule has 0 aliphatic rings. The maximum atomic E-state index is 12.9. The summed E-state index contributed by atoms with van der Waals surface area (Å²) in [6.45, 7) is 3.15. The molecule has 1 aromatic rings. The third-order valence-corrected chi connectivity index (χ3v) is 2.63. The van der Waals surface area contributed by atoms with Crippen molar-refractivity contribution in [3.8, 4) is 5.75 Å². The van der Waals surface area contributed by atoms with Gasteiger partial charge in [0.2, 0.25) is 0 Å². The zero-order valence-corrected chi connectivity index (χ0v) is 11.3. The van der Waals surface area contributed by atoms with Gasteiger partial charge in [0.15, 0.2) is 0 Å². The van der Waals surface area contributed by atoms with E-state index in [1.165, 1.54) is 18.3 Å². The Kier molecular flexibility index (Phi) is 5.83. The zero-order valence-electron chi connectivity index (χ0n) is 11.3. The van der Waals surface area contributed by atoms with E-state index in [9.17, 15) is 13.6 Å². The lowest BCUT2D eigenvalue weighted by molar-refractivity contribution is -0.130. The van der Waals surface area contributed by atoms with Crippen LogP contribution in [0.3, 0.4) is 0 Å². The maximum Gasteiger partial charge on any atom is 0.339 e. The van der Waals surface area contributed by atoms with E-state index in [-0.39, 0.29) is 30.7 Å². The Morgan fingerprint density at radius 3 is 2.71 bits per heavy atom. The van der Waals surface area contributed by atoms with Crippen molar-refractivity contribution in [2.75, 3.05) is 6.61 Å². The Hall–Kier alpha value is -2.44. The van der Waals surface area contributed by atoms with Crippen molar-refractivity contribution in [2.24, 2.45) is 5.73 Å². The van der Waals surface area contributed by atoms with E-state index in [0.717, 1.165) is 6.20 Å². The number of alkyl halides is 2. The number of nitrogens with zero attached hydrogens (tertiary/aromatic N) is 1. The third kappa shape index (κ3) is 5.21. The summed E-state index contributed by atoms with van der Waals surface area (Å²) in [5, 5.41) is 8.87. The first-order valence-electron chi connectivity index (χ1n) is 6.15. The molecule has 0 amide bonds. The van der Waals surface area contributed by atoms with Crippen LogP contribution >= 0.6 is 0 Å². The maximum absolute atomic E-state index is 12.9. The molecule has 0 unspecified atom stereocenters. The molecule has 0 fully saturated rings. The molecule has 0 aliphatic heterocycles. The Labute approximate surface area is 120 Å². The predicted octanol–water partition coefficient (Wildman–Crippen LogP) is 2.45. The monoisotopic (exact) mass is 298 g/mol. The Bertz CT molecular complexity index is 528. The fourth-order valence-electron chi connectivity index (χ4n) is 1.49. The Balaban J connectivity index is 2.52.